The number of carbonyl (C=O) groups is 4. The van der Waals surface area contributed by atoms with Crippen molar-refractivity contribution in [3.8, 4) is 0 Å². The Morgan fingerprint density at radius 2 is 0.460 bits per heavy atom. The van der Waals surface area contributed by atoms with Crippen LogP contribution in [0.3, 0.4) is 0 Å². The van der Waals surface area contributed by atoms with Gasteiger partial charge in [0.2, 0.25) is 0 Å². The molecule has 0 saturated heterocycles. The van der Waals surface area contributed by atoms with Crippen LogP contribution >= 0.6 is 0 Å². The molecule has 0 saturated carbocycles. The Morgan fingerprint density at radius 3 is 0.600 bits per heavy atom. The first kappa shape index (κ1) is 42.8. The number of carbonyl (C=O) groups excluding carboxylic acids is 4. The molecule has 0 atom stereocenters. The van der Waals surface area contributed by atoms with Crippen molar-refractivity contribution in [2.75, 3.05) is 0 Å². The first-order valence-corrected chi connectivity index (χ1v) is 18.2. The van der Waals surface area contributed by atoms with Gasteiger partial charge in [-0.2, -0.15) is 0 Å². The minimum absolute atomic E-state index is 0. The van der Waals surface area contributed by atoms with E-state index in [2.05, 4.69) is 0 Å². The Labute approximate surface area is 363 Å². The summed E-state index contributed by atoms with van der Waals surface area (Å²) in [6.45, 7) is 0. The van der Waals surface area contributed by atoms with E-state index in [1.165, 1.54) is 0 Å². The Balaban J connectivity index is 0.000000260. The van der Waals surface area contributed by atoms with Crippen LogP contribution < -0.4 is 0 Å². The molecule has 0 spiro atoms. The SMILES string of the molecule is O=C1c2ccc(S(=O)(=O)[O-])cc2C(=O)c2ccc(S(=O)(=O)[O-])cc21.O=C1c2ccc(S(=O)(=O)[O-])cc2C(=O)c2ccc(S(=O)(=O)[O-])cc21.[Ba+2].[Ba+2]. The average Bonchev–Trinajstić information content (AvgIpc) is 3.00. The summed E-state index contributed by atoms with van der Waals surface area (Å²) in [4.78, 5) is 47.0. The molecule has 0 bridgehead atoms. The van der Waals surface area contributed by atoms with Crippen LogP contribution in [0, 0.1) is 0 Å². The van der Waals surface area contributed by atoms with E-state index in [1.807, 2.05) is 0 Å². The molecule has 0 unspecified atom stereocenters. The molecule has 0 N–H and O–H groups in total. The summed E-state index contributed by atoms with van der Waals surface area (Å²) in [6, 6.07) is 10.7. The van der Waals surface area contributed by atoms with E-state index in [0.717, 1.165) is 72.8 Å². The Hall–Kier alpha value is -1.66. The topological polar surface area (TPSA) is 297 Å². The number of fused-ring (bicyclic) bond motifs is 4. The summed E-state index contributed by atoms with van der Waals surface area (Å²) >= 11 is 0. The molecule has 0 radical (unpaired) electrons. The molecule has 0 heterocycles. The molecule has 0 amide bonds. The van der Waals surface area contributed by atoms with E-state index >= 15 is 0 Å². The van der Waals surface area contributed by atoms with Gasteiger partial charge < -0.3 is 18.2 Å². The second kappa shape index (κ2) is 15.0. The van der Waals surface area contributed by atoms with Crippen LogP contribution in [-0.4, -0.2) is 173 Å². The predicted octanol–water partition coefficient (Wildman–Crippen LogP) is -0.221. The fourth-order valence-electron chi connectivity index (χ4n) is 4.84. The second-order valence-corrected chi connectivity index (χ2v) is 15.5. The maximum atomic E-state index is 12.4. The zero-order valence-electron chi connectivity index (χ0n) is 24.5. The molecule has 2 aliphatic carbocycles. The van der Waals surface area contributed by atoms with Crippen molar-refractivity contribution in [2.24, 2.45) is 0 Å². The minimum Gasteiger partial charge on any atom is -0.744 e. The summed E-state index contributed by atoms with van der Waals surface area (Å²) in [5.74, 6) is -3.00. The average molecular weight is 1010 g/mol. The van der Waals surface area contributed by atoms with Crippen LogP contribution in [0.1, 0.15) is 63.7 Å². The largest absolute Gasteiger partial charge is 2.00 e. The first-order valence-electron chi connectivity index (χ1n) is 12.6. The first-order chi connectivity index (χ1) is 22.0. The number of hydrogen-bond donors (Lipinski definition) is 0. The van der Waals surface area contributed by atoms with E-state index in [0.29, 0.717) is 0 Å². The zero-order valence-corrected chi connectivity index (χ0v) is 36.7. The molecular weight excluding hydrogens is 995 g/mol. The van der Waals surface area contributed by atoms with Gasteiger partial charge >= 0.3 is 97.8 Å². The third-order valence-corrected chi connectivity index (χ3v) is 10.4. The molecule has 2 aliphatic rings. The number of hydrogen-bond acceptors (Lipinski definition) is 16. The molecule has 0 fully saturated rings. The molecule has 0 aliphatic heterocycles. The van der Waals surface area contributed by atoms with Crippen LogP contribution in [0.15, 0.2) is 92.4 Å². The van der Waals surface area contributed by atoms with Gasteiger partial charge in [0, 0.05) is 44.5 Å². The molecule has 16 nitrogen and oxygen atoms in total. The summed E-state index contributed by atoms with van der Waals surface area (Å²) < 4.78 is 133. The van der Waals surface area contributed by atoms with Crippen molar-refractivity contribution in [3.63, 3.8) is 0 Å². The molecule has 0 aromatic heterocycles. The monoisotopic (exact) mass is 1010 g/mol. The minimum atomic E-state index is -4.81. The third-order valence-electron chi connectivity index (χ3n) is 7.08. The third kappa shape index (κ3) is 8.43. The fraction of sp³-hybridized carbons (Fsp3) is 0. The van der Waals surface area contributed by atoms with Crippen LogP contribution in [0.25, 0.3) is 0 Å². The van der Waals surface area contributed by atoms with E-state index in [1.54, 1.807) is 0 Å². The van der Waals surface area contributed by atoms with Crippen LogP contribution in [-0.2, 0) is 40.5 Å². The zero-order chi connectivity index (χ0) is 35.7. The van der Waals surface area contributed by atoms with Gasteiger partial charge in [-0.3, -0.25) is 19.2 Å². The normalized spacial score (nSPS) is 13.7. The van der Waals surface area contributed by atoms with Gasteiger partial charge in [0.25, 0.3) is 0 Å². The van der Waals surface area contributed by atoms with Gasteiger partial charge in [-0.1, -0.05) is 0 Å². The van der Waals surface area contributed by atoms with Crippen molar-refractivity contribution < 1.29 is 71.1 Å². The van der Waals surface area contributed by atoms with E-state index in [9.17, 15) is 71.1 Å². The van der Waals surface area contributed by atoms with Crippen LogP contribution in [0.2, 0.25) is 0 Å². The summed E-state index contributed by atoms with van der Waals surface area (Å²) in [7, 11) is -19.3. The summed E-state index contributed by atoms with van der Waals surface area (Å²) in [5.41, 5.74) is -1.82. The molecule has 50 heavy (non-hydrogen) atoms. The Morgan fingerprint density at radius 1 is 0.300 bits per heavy atom. The molecule has 6 rings (SSSR count). The van der Waals surface area contributed by atoms with Gasteiger partial charge in [0.1, 0.15) is 40.5 Å². The maximum absolute atomic E-state index is 12.4. The van der Waals surface area contributed by atoms with Gasteiger partial charge in [-0.05, 0) is 72.8 Å². The number of rotatable bonds is 4. The molecule has 4 aromatic rings. The van der Waals surface area contributed by atoms with Crippen molar-refractivity contribution in [3.05, 3.63) is 117 Å². The summed E-state index contributed by atoms with van der Waals surface area (Å²) in [6.07, 6.45) is 0. The van der Waals surface area contributed by atoms with E-state index in [4.69, 9.17) is 0 Å². The van der Waals surface area contributed by atoms with Crippen molar-refractivity contribution in [1.29, 1.82) is 0 Å². The standard InChI is InChI=1S/2C14H8O8S2.2Ba/c2*15-13-9-3-1-7(23(17,18)19)5-11(9)14(16)10-4-2-8(6-12(10)13)24(20,21)22;;/h2*1-6H,(H,17,18,19)(H,20,21,22);;/q;;2*+2/p-4. The second-order valence-electron chi connectivity index (χ2n) is 9.96. The van der Waals surface area contributed by atoms with Crippen LogP contribution in [0.4, 0.5) is 0 Å². The van der Waals surface area contributed by atoms with Crippen molar-refractivity contribution in [2.45, 2.75) is 19.6 Å². The van der Waals surface area contributed by atoms with Gasteiger partial charge in [-0.25, -0.2) is 33.7 Å². The van der Waals surface area contributed by atoms with Gasteiger partial charge in [0.05, 0.1) is 19.6 Å². The smallest absolute Gasteiger partial charge is 0.744 e. The molecular formula is C28H12Ba2O16S4. The molecule has 22 heteroatoms. The quantitative estimate of drug-likeness (QED) is 0.163. The fourth-order valence-corrected chi connectivity index (χ4v) is 6.83. The van der Waals surface area contributed by atoms with Gasteiger partial charge in [0.15, 0.2) is 23.1 Å². The van der Waals surface area contributed by atoms with Gasteiger partial charge in [-0.15, -0.1) is 0 Å². The van der Waals surface area contributed by atoms with Crippen LogP contribution in [0.5, 0.6) is 0 Å². The Kier molecular flexibility index (Phi) is 12.8. The Bertz CT molecular complexity index is 2270. The van der Waals surface area contributed by atoms with E-state index in [-0.39, 0.29) is 142 Å². The molecule has 248 valence electrons. The van der Waals surface area contributed by atoms with E-state index < -0.39 is 83.2 Å². The van der Waals surface area contributed by atoms with Crippen molar-refractivity contribution in [1.82, 2.24) is 0 Å². The maximum Gasteiger partial charge on any atom is 2.00 e. The summed E-state index contributed by atoms with van der Waals surface area (Å²) in [5, 5.41) is 0. The van der Waals surface area contributed by atoms with Crippen molar-refractivity contribution >= 4 is 161 Å². The molecule has 4 aromatic carbocycles. The number of ketones is 4. The number of benzene rings is 4. The predicted molar refractivity (Wildman–Crippen MR) is 163 cm³/mol.